The highest BCUT2D eigenvalue weighted by atomic mass is 32.2. The van der Waals surface area contributed by atoms with Crippen molar-refractivity contribution in [2.75, 3.05) is 23.9 Å². The molecule has 0 fully saturated rings. The van der Waals surface area contributed by atoms with Gasteiger partial charge in [-0.25, -0.2) is 4.68 Å². The summed E-state index contributed by atoms with van der Waals surface area (Å²) in [5.41, 5.74) is 0.817. The number of carbonyl (C=O) groups excluding carboxylic acids is 1. The minimum Gasteiger partial charge on any atom is -0.394 e. The van der Waals surface area contributed by atoms with E-state index < -0.39 is 0 Å². The third-order valence-corrected chi connectivity index (χ3v) is 4.47. The quantitative estimate of drug-likeness (QED) is 0.732. The zero-order valence-corrected chi connectivity index (χ0v) is 13.5. The highest BCUT2D eigenvalue weighted by molar-refractivity contribution is 7.98. The second kappa shape index (κ2) is 8.21. The number of thioether (sulfide) groups is 1. The van der Waals surface area contributed by atoms with Gasteiger partial charge in [0.2, 0.25) is 5.91 Å². The largest absolute Gasteiger partial charge is 0.394 e. The van der Waals surface area contributed by atoms with Gasteiger partial charge in [0.25, 0.3) is 0 Å². The van der Waals surface area contributed by atoms with Crippen LogP contribution in [-0.4, -0.2) is 39.4 Å². The smallest absolute Gasteiger partial charge is 0.225 e. The third-order valence-electron chi connectivity index (χ3n) is 2.89. The average molecular weight is 325 g/mol. The highest BCUT2D eigenvalue weighted by Gasteiger charge is 2.12. The maximum atomic E-state index is 11.9. The zero-order chi connectivity index (χ0) is 15.1. The van der Waals surface area contributed by atoms with E-state index >= 15 is 0 Å². The Labute approximate surface area is 132 Å². The van der Waals surface area contributed by atoms with E-state index in [1.165, 1.54) is 0 Å². The average Bonchev–Trinajstić information content (AvgIpc) is 3.10. The highest BCUT2D eigenvalue weighted by Crippen LogP contribution is 2.26. The fraction of sp³-hybridized carbons (Fsp3) is 0.429. The van der Waals surface area contributed by atoms with Crippen LogP contribution in [0, 0.1) is 0 Å². The van der Waals surface area contributed by atoms with E-state index in [0.29, 0.717) is 18.8 Å². The van der Waals surface area contributed by atoms with E-state index in [2.05, 4.69) is 10.4 Å². The number of hydrogen-bond acceptors (Lipinski definition) is 5. The van der Waals surface area contributed by atoms with Crippen molar-refractivity contribution >= 4 is 34.8 Å². The van der Waals surface area contributed by atoms with Gasteiger partial charge in [-0.2, -0.15) is 16.9 Å². The first kappa shape index (κ1) is 16.1. The van der Waals surface area contributed by atoms with Crippen molar-refractivity contribution in [2.45, 2.75) is 19.4 Å². The van der Waals surface area contributed by atoms with E-state index in [1.54, 1.807) is 27.8 Å². The van der Waals surface area contributed by atoms with Crippen molar-refractivity contribution < 1.29 is 9.90 Å². The maximum absolute atomic E-state index is 11.9. The SMILES string of the molecule is CSCCCC(=O)Nc1cc(-c2cccs2)nn1CCO. The first-order valence-corrected chi connectivity index (χ1v) is 9.03. The molecule has 0 radical (unpaired) electrons. The Morgan fingerprint density at radius 1 is 1.57 bits per heavy atom. The second-order valence-corrected chi connectivity index (χ2v) is 6.42. The number of aromatic nitrogens is 2. The molecule has 2 aromatic rings. The molecule has 21 heavy (non-hydrogen) atoms. The molecule has 2 rings (SSSR count). The van der Waals surface area contributed by atoms with Crippen LogP contribution in [0.15, 0.2) is 23.6 Å². The first-order valence-electron chi connectivity index (χ1n) is 6.76. The molecule has 114 valence electrons. The van der Waals surface area contributed by atoms with Gasteiger partial charge in [-0.3, -0.25) is 4.79 Å². The molecule has 0 saturated heterocycles. The number of thiophene rings is 1. The predicted molar refractivity (Wildman–Crippen MR) is 88.9 cm³/mol. The molecule has 7 heteroatoms. The molecule has 0 aliphatic heterocycles. The fourth-order valence-electron chi connectivity index (χ4n) is 1.91. The zero-order valence-electron chi connectivity index (χ0n) is 11.9. The molecule has 0 atom stereocenters. The lowest BCUT2D eigenvalue weighted by Crippen LogP contribution is -2.16. The summed E-state index contributed by atoms with van der Waals surface area (Å²) in [4.78, 5) is 13.0. The predicted octanol–water partition coefficient (Wildman–Crippen LogP) is 2.69. The lowest BCUT2D eigenvalue weighted by Gasteiger charge is -2.07. The summed E-state index contributed by atoms with van der Waals surface area (Å²) < 4.78 is 1.64. The van der Waals surface area contributed by atoms with Crippen molar-refractivity contribution in [1.82, 2.24) is 9.78 Å². The maximum Gasteiger partial charge on any atom is 0.225 e. The summed E-state index contributed by atoms with van der Waals surface area (Å²) >= 11 is 3.33. The van der Waals surface area contributed by atoms with Crippen LogP contribution in [0.1, 0.15) is 12.8 Å². The summed E-state index contributed by atoms with van der Waals surface area (Å²) in [7, 11) is 0. The van der Waals surface area contributed by atoms with Crippen LogP contribution in [0.2, 0.25) is 0 Å². The molecule has 0 unspecified atom stereocenters. The standard InChI is InChI=1S/C14H19N3O2S2/c1-20-8-3-5-14(19)15-13-10-11(12-4-2-9-21-12)16-17(13)6-7-18/h2,4,9-10,18H,3,5-8H2,1H3,(H,15,19). The van der Waals surface area contributed by atoms with Crippen LogP contribution in [0.3, 0.4) is 0 Å². The van der Waals surface area contributed by atoms with Crippen molar-refractivity contribution in [3.63, 3.8) is 0 Å². The summed E-state index contributed by atoms with van der Waals surface area (Å²) in [5.74, 6) is 1.60. The van der Waals surface area contributed by atoms with Gasteiger partial charge in [0.15, 0.2) is 0 Å². The van der Waals surface area contributed by atoms with Gasteiger partial charge in [-0.05, 0) is 29.9 Å². The number of anilines is 1. The van der Waals surface area contributed by atoms with Gasteiger partial charge in [-0.1, -0.05) is 6.07 Å². The molecule has 2 aromatic heterocycles. The Morgan fingerprint density at radius 2 is 2.43 bits per heavy atom. The van der Waals surface area contributed by atoms with E-state index in [-0.39, 0.29) is 12.5 Å². The van der Waals surface area contributed by atoms with Crippen molar-refractivity contribution in [2.24, 2.45) is 0 Å². The number of nitrogens with zero attached hydrogens (tertiary/aromatic N) is 2. The fourth-order valence-corrected chi connectivity index (χ4v) is 3.02. The number of hydrogen-bond donors (Lipinski definition) is 2. The molecule has 0 aliphatic carbocycles. The molecule has 0 spiro atoms. The summed E-state index contributed by atoms with van der Waals surface area (Å²) in [6, 6.07) is 5.81. The third kappa shape index (κ3) is 4.59. The molecule has 2 heterocycles. The van der Waals surface area contributed by atoms with E-state index in [9.17, 15) is 4.79 Å². The minimum atomic E-state index is -0.0131. The van der Waals surface area contributed by atoms with Gasteiger partial charge in [0.1, 0.15) is 11.5 Å². The lowest BCUT2D eigenvalue weighted by atomic mass is 10.3. The summed E-state index contributed by atoms with van der Waals surface area (Å²) in [5, 5.41) is 18.4. The Kier molecular flexibility index (Phi) is 6.28. The number of aliphatic hydroxyl groups is 1. The number of amides is 1. The molecular weight excluding hydrogens is 306 g/mol. The van der Waals surface area contributed by atoms with E-state index in [1.807, 2.05) is 29.8 Å². The number of aliphatic hydroxyl groups excluding tert-OH is 1. The summed E-state index contributed by atoms with van der Waals surface area (Å²) in [6.07, 6.45) is 3.39. The van der Waals surface area contributed by atoms with Gasteiger partial charge in [-0.15, -0.1) is 11.3 Å². The van der Waals surface area contributed by atoms with Gasteiger partial charge in [0, 0.05) is 12.5 Å². The number of carbonyl (C=O) groups is 1. The van der Waals surface area contributed by atoms with E-state index in [0.717, 1.165) is 22.7 Å². The van der Waals surface area contributed by atoms with Gasteiger partial charge < -0.3 is 10.4 Å². The van der Waals surface area contributed by atoms with Crippen LogP contribution in [0.25, 0.3) is 10.6 Å². The molecule has 0 saturated carbocycles. The monoisotopic (exact) mass is 325 g/mol. The molecule has 2 N–H and O–H groups in total. The molecule has 0 aliphatic rings. The Bertz CT molecular complexity index is 567. The van der Waals surface area contributed by atoms with Gasteiger partial charge >= 0.3 is 0 Å². The number of rotatable bonds is 8. The Hall–Kier alpha value is -1.31. The Morgan fingerprint density at radius 3 is 3.10 bits per heavy atom. The van der Waals surface area contributed by atoms with Crippen LogP contribution >= 0.6 is 23.1 Å². The van der Waals surface area contributed by atoms with Crippen LogP contribution in [0.4, 0.5) is 5.82 Å². The van der Waals surface area contributed by atoms with Gasteiger partial charge in [0.05, 0.1) is 18.0 Å². The van der Waals surface area contributed by atoms with Crippen molar-refractivity contribution in [3.8, 4) is 10.6 Å². The lowest BCUT2D eigenvalue weighted by molar-refractivity contribution is -0.116. The molecule has 1 amide bonds. The molecule has 0 aromatic carbocycles. The van der Waals surface area contributed by atoms with Crippen LogP contribution < -0.4 is 5.32 Å². The summed E-state index contributed by atoms with van der Waals surface area (Å²) in [6.45, 7) is 0.354. The van der Waals surface area contributed by atoms with Crippen molar-refractivity contribution in [1.29, 1.82) is 0 Å². The van der Waals surface area contributed by atoms with Crippen LogP contribution in [0.5, 0.6) is 0 Å². The van der Waals surface area contributed by atoms with E-state index in [4.69, 9.17) is 5.11 Å². The second-order valence-electron chi connectivity index (χ2n) is 4.48. The minimum absolute atomic E-state index is 0.0130. The topological polar surface area (TPSA) is 67.2 Å². The Balaban J connectivity index is 2.08. The van der Waals surface area contributed by atoms with Crippen LogP contribution in [-0.2, 0) is 11.3 Å². The first-order chi connectivity index (χ1) is 10.2. The molecule has 5 nitrogen and oxygen atoms in total. The molecule has 0 bridgehead atoms. The molecular formula is C14H19N3O2S2. The number of nitrogens with one attached hydrogen (secondary N) is 1. The normalized spacial score (nSPS) is 10.8. The van der Waals surface area contributed by atoms with Crippen molar-refractivity contribution in [3.05, 3.63) is 23.6 Å².